The summed E-state index contributed by atoms with van der Waals surface area (Å²) in [6.07, 6.45) is 10.9. The minimum atomic E-state index is -0.343. The number of aryl methyl sites for hydroxylation is 1. The number of fused-ring (bicyclic) bond motifs is 1. The number of rotatable bonds is 5. The molecule has 0 aliphatic carbocycles. The minimum Gasteiger partial charge on any atom is -0.399 e. The molecule has 1 fully saturated rings. The fourth-order valence-electron chi connectivity index (χ4n) is 2.86. The molecular formula is C18H25BN2O2. The second-order valence-corrected chi connectivity index (χ2v) is 7.23. The van der Waals surface area contributed by atoms with E-state index in [0.29, 0.717) is 0 Å². The molecule has 0 amide bonds. The number of unbranched alkanes of at least 4 members (excludes halogenated alkanes) is 1. The molecule has 0 bridgehead atoms. The van der Waals surface area contributed by atoms with Gasteiger partial charge in [-0.25, -0.2) is 4.98 Å². The maximum atomic E-state index is 6.18. The fraction of sp³-hybridized carbons (Fsp3) is 0.500. The Morgan fingerprint density at radius 1 is 1.26 bits per heavy atom. The summed E-state index contributed by atoms with van der Waals surface area (Å²) in [5.74, 6) is 0. The summed E-state index contributed by atoms with van der Waals surface area (Å²) >= 11 is 0. The van der Waals surface area contributed by atoms with Gasteiger partial charge in [-0.3, -0.25) is 0 Å². The molecule has 0 spiro atoms. The van der Waals surface area contributed by atoms with Crippen LogP contribution >= 0.6 is 0 Å². The predicted octanol–water partition coefficient (Wildman–Crippen LogP) is 3.14. The molecular weight excluding hydrogens is 287 g/mol. The van der Waals surface area contributed by atoms with Gasteiger partial charge >= 0.3 is 7.12 Å². The average molecular weight is 312 g/mol. The van der Waals surface area contributed by atoms with Gasteiger partial charge in [-0.1, -0.05) is 12.1 Å². The maximum Gasteiger partial charge on any atom is 0.496 e. The zero-order valence-electron chi connectivity index (χ0n) is 14.5. The highest BCUT2D eigenvalue weighted by atomic mass is 16.7. The molecule has 0 aromatic carbocycles. The molecule has 0 atom stereocenters. The third-order valence-electron chi connectivity index (χ3n) is 4.96. The van der Waals surface area contributed by atoms with Gasteiger partial charge in [0.2, 0.25) is 0 Å². The van der Waals surface area contributed by atoms with E-state index in [-0.39, 0.29) is 18.3 Å². The van der Waals surface area contributed by atoms with Gasteiger partial charge in [0.1, 0.15) is 5.65 Å². The van der Waals surface area contributed by atoms with E-state index in [9.17, 15) is 0 Å². The van der Waals surface area contributed by atoms with E-state index >= 15 is 0 Å². The Hall–Kier alpha value is -1.59. The van der Waals surface area contributed by atoms with Gasteiger partial charge in [-0.2, -0.15) is 0 Å². The van der Waals surface area contributed by atoms with E-state index in [1.807, 2.05) is 18.5 Å². The van der Waals surface area contributed by atoms with Crippen molar-refractivity contribution in [3.8, 4) is 0 Å². The second kappa shape index (κ2) is 5.80. The topological polar surface area (TPSA) is 35.8 Å². The smallest absolute Gasteiger partial charge is 0.399 e. The molecule has 3 heterocycles. The second-order valence-electron chi connectivity index (χ2n) is 7.23. The Morgan fingerprint density at radius 3 is 2.61 bits per heavy atom. The van der Waals surface area contributed by atoms with Crippen LogP contribution in [-0.2, 0) is 15.7 Å². The fourth-order valence-corrected chi connectivity index (χ4v) is 2.86. The van der Waals surface area contributed by atoms with E-state index in [1.165, 1.54) is 5.56 Å². The summed E-state index contributed by atoms with van der Waals surface area (Å²) in [6.45, 7) is 12.1. The van der Waals surface area contributed by atoms with E-state index in [2.05, 4.69) is 55.9 Å². The molecule has 0 saturated carbocycles. The van der Waals surface area contributed by atoms with Crippen molar-refractivity contribution in [2.24, 2.45) is 0 Å². The summed E-state index contributed by atoms with van der Waals surface area (Å²) in [6, 6.07) is 2.17. The Morgan fingerprint density at radius 2 is 1.96 bits per heavy atom. The number of pyridine rings is 1. The quantitative estimate of drug-likeness (QED) is 0.483. The number of hydrogen-bond acceptors (Lipinski definition) is 3. The molecule has 0 N–H and O–H groups in total. The van der Waals surface area contributed by atoms with E-state index in [4.69, 9.17) is 9.31 Å². The lowest BCUT2D eigenvalue weighted by Gasteiger charge is -2.32. The Balaban J connectivity index is 1.94. The van der Waals surface area contributed by atoms with E-state index in [1.54, 1.807) is 0 Å². The van der Waals surface area contributed by atoms with Crippen molar-refractivity contribution in [1.82, 2.24) is 9.38 Å². The zero-order valence-corrected chi connectivity index (χ0v) is 14.5. The van der Waals surface area contributed by atoms with Crippen LogP contribution in [0.5, 0.6) is 0 Å². The standard InChI is InChI=1S/C18H25BN2O2/c1-6-7-8-9-14-12-15(13-21-11-10-20-16(14)21)19-22-17(2,3)18(4,5)23-19/h6,10-13H,1,7-9H2,2-5H3. The molecule has 5 heteroatoms. The first-order valence-electron chi connectivity index (χ1n) is 8.26. The van der Waals surface area contributed by atoms with Crippen molar-refractivity contribution >= 4 is 18.2 Å². The Kier molecular flexibility index (Phi) is 4.11. The van der Waals surface area contributed by atoms with Crippen molar-refractivity contribution in [3.63, 3.8) is 0 Å². The van der Waals surface area contributed by atoms with Crippen LogP contribution in [0.2, 0.25) is 0 Å². The highest BCUT2D eigenvalue weighted by molar-refractivity contribution is 6.62. The van der Waals surface area contributed by atoms with Gasteiger partial charge in [-0.05, 0) is 58.0 Å². The monoisotopic (exact) mass is 312 g/mol. The summed E-state index contributed by atoms with van der Waals surface area (Å²) in [5.41, 5.74) is 2.62. The van der Waals surface area contributed by atoms with Gasteiger partial charge in [0.15, 0.2) is 0 Å². The normalized spacial score (nSPS) is 19.4. The number of imidazole rings is 1. The SMILES string of the molecule is C=CCCCc1cc(B2OC(C)(C)C(C)(C)O2)cn2ccnc12. The lowest BCUT2D eigenvalue weighted by Crippen LogP contribution is -2.41. The molecule has 23 heavy (non-hydrogen) atoms. The molecule has 0 unspecified atom stereocenters. The van der Waals surface area contributed by atoms with Gasteiger partial charge in [0.25, 0.3) is 0 Å². The van der Waals surface area contributed by atoms with Crippen LogP contribution in [0.3, 0.4) is 0 Å². The van der Waals surface area contributed by atoms with Crippen LogP contribution in [0.25, 0.3) is 5.65 Å². The highest BCUT2D eigenvalue weighted by Crippen LogP contribution is 2.36. The lowest BCUT2D eigenvalue weighted by molar-refractivity contribution is 0.00578. The largest absolute Gasteiger partial charge is 0.496 e. The maximum absolute atomic E-state index is 6.18. The molecule has 0 radical (unpaired) electrons. The third-order valence-corrected chi connectivity index (χ3v) is 4.96. The molecule has 2 aromatic heterocycles. The van der Waals surface area contributed by atoms with Crippen molar-refractivity contribution in [3.05, 3.63) is 42.9 Å². The molecule has 2 aromatic rings. The van der Waals surface area contributed by atoms with E-state index in [0.717, 1.165) is 30.4 Å². The van der Waals surface area contributed by atoms with Crippen LogP contribution in [0, 0.1) is 0 Å². The number of aromatic nitrogens is 2. The van der Waals surface area contributed by atoms with Crippen LogP contribution in [0.1, 0.15) is 46.1 Å². The molecule has 1 aliphatic rings. The van der Waals surface area contributed by atoms with Crippen LogP contribution in [0.4, 0.5) is 0 Å². The van der Waals surface area contributed by atoms with Gasteiger partial charge in [0, 0.05) is 18.6 Å². The first kappa shape index (κ1) is 16.3. The Bertz CT molecular complexity index is 705. The van der Waals surface area contributed by atoms with Gasteiger partial charge in [-0.15, -0.1) is 6.58 Å². The molecule has 3 rings (SSSR count). The number of hydrogen-bond donors (Lipinski definition) is 0. The number of nitrogens with zero attached hydrogens (tertiary/aromatic N) is 2. The number of allylic oxidation sites excluding steroid dienone is 1. The Labute approximate surface area is 138 Å². The highest BCUT2D eigenvalue weighted by Gasteiger charge is 2.51. The van der Waals surface area contributed by atoms with Crippen LogP contribution in [-0.4, -0.2) is 27.7 Å². The van der Waals surface area contributed by atoms with Crippen molar-refractivity contribution in [2.75, 3.05) is 0 Å². The molecule has 122 valence electrons. The molecule has 1 saturated heterocycles. The first-order valence-corrected chi connectivity index (χ1v) is 8.26. The van der Waals surface area contributed by atoms with E-state index < -0.39 is 0 Å². The third kappa shape index (κ3) is 2.95. The van der Waals surface area contributed by atoms with Crippen molar-refractivity contribution < 1.29 is 9.31 Å². The molecule has 4 nitrogen and oxygen atoms in total. The zero-order chi connectivity index (χ0) is 16.7. The summed E-state index contributed by atoms with van der Waals surface area (Å²) in [7, 11) is -0.343. The first-order chi connectivity index (χ1) is 10.8. The predicted molar refractivity (Wildman–Crippen MR) is 94.0 cm³/mol. The lowest BCUT2D eigenvalue weighted by atomic mass is 9.79. The van der Waals surface area contributed by atoms with Crippen LogP contribution in [0.15, 0.2) is 37.3 Å². The minimum absolute atomic E-state index is 0.329. The average Bonchev–Trinajstić information content (AvgIpc) is 3.01. The van der Waals surface area contributed by atoms with Crippen molar-refractivity contribution in [2.45, 2.75) is 58.2 Å². The summed E-state index contributed by atoms with van der Waals surface area (Å²) in [5, 5.41) is 0. The summed E-state index contributed by atoms with van der Waals surface area (Å²) in [4.78, 5) is 4.48. The van der Waals surface area contributed by atoms with Crippen molar-refractivity contribution in [1.29, 1.82) is 0 Å². The summed E-state index contributed by atoms with van der Waals surface area (Å²) < 4.78 is 14.4. The van der Waals surface area contributed by atoms with Gasteiger partial charge < -0.3 is 13.7 Å². The van der Waals surface area contributed by atoms with Gasteiger partial charge in [0.05, 0.1) is 11.2 Å². The van der Waals surface area contributed by atoms with Crippen LogP contribution < -0.4 is 5.46 Å². The molecule has 1 aliphatic heterocycles.